The first-order valence-electron chi connectivity index (χ1n) is 15.5. The molecule has 0 atom stereocenters. The van der Waals surface area contributed by atoms with E-state index in [0.29, 0.717) is 0 Å². The van der Waals surface area contributed by atoms with Crippen LogP contribution in [0, 0.1) is 0 Å². The van der Waals surface area contributed by atoms with Crippen molar-refractivity contribution in [1.82, 2.24) is 4.98 Å². The third kappa shape index (κ3) is 4.52. The lowest BCUT2D eigenvalue weighted by Gasteiger charge is -2.26. The van der Waals surface area contributed by atoms with Crippen LogP contribution in [0.25, 0.3) is 65.3 Å². The maximum atomic E-state index is 5.25. The highest BCUT2D eigenvalue weighted by atomic mass is 32.1. The summed E-state index contributed by atoms with van der Waals surface area (Å²) in [5.41, 5.74) is 12.8. The average molecular weight is 605 g/mol. The molecule has 0 radical (unpaired) electrons. The zero-order valence-electron chi connectivity index (χ0n) is 25.0. The summed E-state index contributed by atoms with van der Waals surface area (Å²) in [6, 6.07) is 60.7. The number of fused-ring (bicyclic) bond motifs is 3. The van der Waals surface area contributed by atoms with Gasteiger partial charge in [-0.05, 0) is 69.4 Å². The van der Waals surface area contributed by atoms with Gasteiger partial charge in [0, 0.05) is 33.8 Å². The van der Waals surface area contributed by atoms with E-state index in [4.69, 9.17) is 4.98 Å². The fourth-order valence-corrected chi connectivity index (χ4v) is 7.76. The summed E-state index contributed by atoms with van der Waals surface area (Å²) in [7, 11) is 0. The lowest BCUT2D eigenvalue weighted by molar-refractivity contribution is 1.28. The smallest absolute Gasteiger partial charge is 0.124 e. The van der Waals surface area contributed by atoms with Crippen LogP contribution in [0.2, 0.25) is 0 Å². The number of hydrogen-bond donors (Lipinski definition) is 0. The molecular formula is C43H28N2S. The molecule has 0 spiro atoms. The van der Waals surface area contributed by atoms with E-state index in [1.807, 2.05) is 0 Å². The first-order valence-corrected chi connectivity index (χ1v) is 16.4. The molecule has 0 saturated heterocycles. The van der Waals surface area contributed by atoms with E-state index in [-0.39, 0.29) is 0 Å². The minimum Gasteiger partial charge on any atom is -0.310 e. The molecule has 8 aromatic rings. The van der Waals surface area contributed by atoms with Crippen molar-refractivity contribution in [3.63, 3.8) is 0 Å². The monoisotopic (exact) mass is 604 g/mol. The number of benzene rings is 7. The second kappa shape index (κ2) is 11.0. The van der Waals surface area contributed by atoms with Crippen molar-refractivity contribution in [3.05, 3.63) is 170 Å². The van der Waals surface area contributed by atoms with Crippen LogP contribution >= 0.6 is 11.3 Å². The SMILES string of the molecule is c1ccc(-c2ccc(N(c3cccc(-c4ccccc4)c3)c3cccc(-c4nc5c(s4)-c4cccc6cccc-5c46)c3)cc2)cc1. The van der Waals surface area contributed by atoms with Crippen molar-refractivity contribution < 1.29 is 0 Å². The first-order chi connectivity index (χ1) is 22.8. The molecule has 0 bridgehead atoms. The molecular weight excluding hydrogens is 577 g/mol. The molecule has 1 aromatic heterocycles. The molecule has 1 aliphatic rings. The number of nitrogens with zero attached hydrogens (tertiary/aromatic N) is 2. The second-order valence-corrected chi connectivity index (χ2v) is 12.6. The molecule has 216 valence electrons. The van der Waals surface area contributed by atoms with Gasteiger partial charge in [-0.25, -0.2) is 4.98 Å². The van der Waals surface area contributed by atoms with Crippen molar-refractivity contribution in [1.29, 1.82) is 0 Å². The highest BCUT2D eigenvalue weighted by molar-refractivity contribution is 7.19. The summed E-state index contributed by atoms with van der Waals surface area (Å²) in [5, 5.41) is 3.63. The van der Waals surface area contributed by atoms with Crippen LogP contribution in [0.5, 0.6) is 0 Å². The molecule has 1 heterocycles. The molecule has 0 N–H and O–H groups in total. The van der Waals surface area contributed by atoms with Gasteiger partial charge in [-0.15, -0.1) is 11.3 Å². The number of aromatic nitrogens is 1. The van der Waals surface area contributed by atoms with Crippen LogP contribution in [-0.4, -0.2) is 4.98 Å². The minimum absolute atomic E-state index is 1.04. The Bertz CT molecular complexity index is 2300. The molecule has 0 unspecified atom stereocenters. The van der Waals surface area contributed by atoms with Crippen LogP contribution in [0.1, 0.15) is 0 Å². The molecule has 0 aliphatic heterocycles. The topological polar surface area (TPSA) is 16.1 Å². The predicted octanol–water partition coefficient (Wildman–Crippen LogP) is 12.4. The van der Waals surface area contributed by atoms with Gasteiger partial charge in [-0.3, -0.25) is 0 Å². The summed E-state index contributed by atoms with van der Waals surface area (Å²) < 4.78 is 0. The quantitative estimate of drug-likeness (QED) is 0.188. The maximum absolute atomic E-state index is 5.25. The Morgan fingerprint density at radius 3 is 1.65 bits per heavy atom. The Kier molecular flexibility index (Phi) is 6.36. The Labute approximate surface area is 272 Å². The molecule has 0 saturated carbocycles. The van der Waals surface area contributed by atoms with Gasteiger partial charge >= 0.3 is 0 Å². The van der Waals surface area contributed by atoms with Gasteiger partial charge in [-0.1, -0.05) is 133 Å². The number of rotatable bonds is 6. The van der Waals surface area contributed by atoms with Crippen LogP contribution in [0.4, 0.5) is 17.1 Å². The Hall–Kier alpha value is -5.77. The van der Waals surface area contributed by atoms with Crippen molar-refractivity contribution in [2.45, 2.75) is 0 Å². The van der Waals surface area contributed by atoms with E-state index >= 15 is 0 Å². The van der Waals surface area contributed by atoms with E-state index in [0.717, 1.165) is 33.3 Å². The van der Waals surface area contributed by atoms with E-state index < -0.39 is 0 Å². The van der Waals surface area contributed by atoms with Gasteiger partial charge in [0.05, 0.1) is 10.6 Å². The van der Waals surface area contributed by atoms with E-state index in [1.54, 1.807) is 11.3 Å². The number of hydrogen-bond acceptors (Lipinski definition) is 3. The van der Waals surface area contributed by atoms with Crippen molar-refractivity contribution >= 4 is 39.2 Å². The second-order valence-electron chi connectivity index (χ2n) is 11.6. The standard InChI is InChI=1S/C43H28N2S/c1-3-11-29(12-4-1)31-23-25-35(26-24-31)45(36-19-7-17-33(27-36)30-13-5-2-6-14-30)37-20-8-18-34(28-37)43-44-41-38-21-9-15-32-16-10-22-39(40(32)38)42(41)46-43/h1-28H. The average Bonchev–Trinajstić information content (AvgIpc) is 3.70. The molecule has 2 nitrogen and oxygen atoms in total. The third-order valence-electron chi connectivity index (χ3n) is 8.83. The Balaban J connectivity index is 1.15. The molecule has 46 heavy (non-hydrogen) atoms. The van der Waals surface area contributed by atoms with Gasteiger partial charge in [0.25, 0.3) is 0 Å². The number of thiazole rings is 1. The van der Waals surface area contributed by atoms with Gasteiger partial charge in [-0.2, -0.15) is 0 Å². The summed E-state index contributed by atoms with van der Waals surface area (Å²) in [6.07, 6.45) is 0. The van der Waals surface area contributed by atoms with E-state index in [2.05, 4.69) is 175 Å². The first kappa shape index (κ1) is 26.6. The zero-order chi connectivity index (χ0) is 30.5. The molecule has 9 rings (SSSR count). The van der Waals surface area contributed by atoms with Gasteiger partial charge in [0.1, 0.15) is 5.01 Å². The molecule has 0 fully saturated rings. The number of anilines is 3. The van der Waals surface area contributed by atoms with Crippen molar-refractivity contribution in [2.24, 2.45) is 0 Å². The van der Waals surface area contributed by atoms with Gasteiger partial charge in [0.15, 0.2) is 0 Å². The summed E-state index contributed by atoms with van der Waals surface area (Å²) in [5.74, 6) is 0. The van der Waals surface area contributed by atoms with Gasteiger partial charge < -0.3 is 4.90 Å². The zero-order valence-corrected chi connectivity index (χ0v) is 25.8. The molecule has 3 heteroatoms. The minimum atomic E-state index is 1.04. The lowest BCUT2D eigenvalue weighted by atomic mass is 10.0. The highest BCUT2D eigenvalue weighted by Crippen LogP contribution is 2.51. The van der Waals surface area contributed by atoms with Gasteiger partial charge in [0.2, 0.25) is 0 Å². The highest BCUT2D eigenvalue weighted by Gasteiger charge is 2.26. The van der Waals surface area contributed by atoms with Crippen molar-refractivity contribution in [2.75, 3.05) is 4.90 Å². The molecule has 0 amide bonds. The largest absolute Gasteiger partial charge is 0.310 e. The fourth-order valence-electron chi connectivity index (χ4n) is 6.65. The van der Waals surface area contributed by atoms with Crippen LogP contribution in [-0.2, 0) is 0 Å². The maximum Gasteiger partial charge on any atom is 0.124 e. The predicted molar refractivity (Wildman–Crippen MR) is 195 cm³/mol. The van der Waals surface area contributed by atoms with Crippen LogP contribution in [0.15, 0.2) is 170 Å². The third-order valence-corrected chi connectivity index (χ3v) is 9.96. The Morgan fingerprint density at radius 1 is 0.413 bits per heavy atom. The lowest BCUT2D eigenvalue weighted by Crippen LogP contribution is -2.10. The van der Waals surface area contributed by atoms with Crippen LogP contribution < -0.4 is 4.90 Å². The normalized spacial score (nSPS) is 11.5. The molecule has 1 aliphatic carbocycles. The summed E-state index contributed by atoms with van der Waals surface area (Å²) in [6.45, 7) is 0. The van der Waals surface area contributed by atoms with E-state index in [1.165, 1.54) is 49.0 Å². The Morgan fingerprint density at radius 2 is 0.957 bits per heavy atom. The van der Waals surface area contributed by atoms with Crippen LogP contribution in [0.3, 0.4) is 0 Å². The summed E-state index contributed by atoms with van der Waals surface area (Å²) in [4.78, 5) is 8.86. The molecule has 7 aromatic carbocycles. The fraction of sp³-hybridized carbons (Fsp3) is 0. The van der Waals surface area contributed by atoms with E-state index in [9.17, 15) is 0 Å². The van der Waals surface area contributed by atoms with Crippen molar-refractivity contribution in [3.8, 4) is 54.5 Å². The summed E-state index contributed by atoms with van der Waals surface area (Å²) >= 11 is 1.79.